The fourth-order valence-corrected chi connectivity index (χ4v) is 2.32. The SMILES string of the molecule is CCC(CC(=O)O)NC(=O)NCc1ccc(C)s1. The Morgan fingerprint density at radius 3 is 2.67 bits per heavy atom. The van der Waals surface area contributed by atoms with Gasteiger partial charge in [-0.3, -0.25) is 4.79 Å². The molecule has 2 amide bonds. The molecule has 100 valence electrons. The number of carboxylic acid groups (broad SMARTS) is 1. The first kappa shape index (κ1) is 14.5. The third kappa shape index (κ3) is 5.18. The molecule has 0 spiro atoms. The molecule has 0 bridgehead atoms. The summed E-state index contributed by atoms with van der Waals surface area (Å²) < 4.78 is 0. The molecule has 0 aliphatic rings. The van der Waals surface area contributed by atoms with Crippen LogP contribution in [0, 0.1) is 6.92 Å². The van der Waals surface area contributed by atoms with E-state index in [1.54, 1.807) is 11.3 Å². The second-order valence-corrected chi connectivity index (χ2v) is 5.41. The standard InChI is InChI=1S/C12H18N2O3S/c1-3-9(6-11(15)16)14-12(17)13-7-10-5-4-8(2)18-10/h4-5,9H,3,6-7H2,1-2H3,(H,15,16)(H2,13,14,17). The van der Waals surface area contributed by atoms with Gasteiger partial charge in [0.25, 0.3) is 0 Å². The van der Waals surface area contributed by atoms with Crippen LogP contribution >= 0.6 is 11.3 Å². The van der Waals surface area contributed by atoms with E-state index in [1.165, 1.54) is 4.88 Å². The molecule has 1 atom stereocenters. The van der Waals surface area contributed by atoms with Crippen molar-refractivity contribution in [3.8, 4) is 0 Å². The van der Waals surface area contributed by atoms with Gasteiger partial charge in [-0.25, -0.2) is 4.79 Å². The van der Waals surface area contributed by atoms with Crippen molar-refractivity contribution in [1.82, 2.24) is 10.6 Å². The third-order valence-electron chi connectivity index (χ3n) is 2.47. The minimum Gasteiger partial charge on any atom is -0.481 e. The van der Waals surface area contributed by atoms with E-state index < -0.39 is 5.97 Å². The second-order valence-electron chi connectivity index (χ2n) is 4.04. The Morgan fingerprint density at radius 2 is 2.17 bits per heavy atom. The molecule has 1 heterocycles. The highest BCUT2D eigenvalue weighted by Crippen LogP contribution is 2.14. The van der Waals surface area contributed by atoms with Crippen LogP contribution in [0.5, 0.6) is 0 Å². The first-order valence-corrected chi connectivity index (χ1v) is 6.64. The Hall–Kier alpha value is -1.56. The first-order valence-electron chi connectivity index (χ1n) is 5.82. The van der Waals surface area contributed by atoms with Crippen LogP contribution in [0.15, 0.2) is 12.1 Å². The number of hydrogen-bond donors (Lipinski definition) is 3. The topological polar surface area (TPSA) is 78.4 Å². The molecule has 5 nitrogen and oxygen atoms in total. The number of aryl methyl sites for hydroxylation is 1. The Morgan fingerprint density at radius 1 is 1.44 bits per heavy atom. The average Bonchev–Trinajstić information content (AvgIpc) is 2.71. The molecule has 18 heavy (non-hydrogen) atoms. The Labute approximate surface area is 110 Å². The average molecular weight is 270 g/mol. The van der Waals surface area contributed by atoms with Crippen molar-refractivity contribution in [1.29, 1.82) is 0 Å². The summed E-state index contributed by atoms with van der Waals surface area (Å²) in [6.45, 7) is 4.32. The van der Waals surface area contributed by atoms with Crippen molar-refractivity contribution >= 4 is 23.3 Å². The van der Waals surface area contributed by atoms with Crippen LogP contribution in [-0.2, 0) is 11.3 Å². The van der Waals surface area contributed by atoms with Gasteiger partial charge in [-0.2, -0.15) is 0 Å². The number of rotatable bonds is 6. The summed E-state index contributed by atoms with van der Waals surface area (Å²) in [6.07, 6.45) is 0.542. The summed E-state index contributed by atoms with van der Waals surface area (Å²) in [5.74, 6) is -0.906. The molecule has 0 radical (unpaired) electrons. The van der Waals surface area contributed by atoms with Crippen LogP contribution in [0.2, 0.25) is 0 Å². The van der Waals surface area contributed by atoms with Crippen LogP contribution in [0.4, 0.5) is 4.79 Å². The maximum absolute atomic E-state index is 11.6. The number of amides is 2. The van der Waals surface area contributed by atoms with E-state index in [0.717, 1.165) is 4.88 Å². The Balaban J connectivity index is 2.34. The lowest BCUT2D eigenvalue weighted by atomic mass is 10.1. The van der Waals surface area contributed by atoms with E-state index in [4.69, 9.17) is 5.11 Å². The summed E-state index contributed by atoms with van der Waals surface area (Å²) in [7, 11) is 0. The zero-order valence-corrected chi connectivity index (χ0v) is 11.3. The molecule has 0 fully saturated rings. The normalized spacial score (nSPS) is 11.9. The van der Waals surface area contributed by atoms with Crippen LogP contribution in [0.1, 0.15) is 29.5 Å². The van der Waals surface area contributed by atoms with Crippen molar-refractivity contribution in [3.05, 3.63) is 21.9 Å². The van der Waals surface area contributed by atoms with Crippen LogP contribution < -0.4 is 10.6 Å². The van der Waals surface area contributed by atoms with Crippen LogP contribution in [-0.4, -0.2) is 23.1 Å². The van der Waals surface area contributed by atoms with E-state index in [0.29, 0.717) is 13.0 Å². The maximum atomic E-state index is 11.6. The van der Waals surface area contributed by atoms with Gasteiger partial charge in [0.05, 0.1) is 13.0 Å². The lowest BCUT2D eigenvalue weighted by molar-refractivity contribution is -0.137. The lowest BCUT2D eigenvalue weighted by Crippen LogP contribution is -2.42. The molecule has 0 aromatic carbocycles. The van der Waals surface area contributed by atoms with Gasteiger partial charge < -0.3 is 15.7 Å². The van der Waals surface area contributed by atoms with Crippen molar-refractivity contribution < 1.29 is 14.7 Å². The molecular weight excluding hydrogens is 252 g/mol. The minimum atomic E-state index is -0.906. The number of hydrogen-bond acceptors (Lipinski definition) is 3. The van der Waals surface area contributed by atoms with Gasteiger partial charge in [0, 0.05) is 15.8 Å². The van der Waals surface area contributed by atoms with E-state index in [1.807, 2.05) is 26.0 Å². The highest BCUT2D eigenvalue weighted by molar-refractivity contribution is 7.11. The van der Waals surface area contributed by atoms with Crippen LogP contribution in [0.3, 0.4) is 0 Å². The van der Waals surface area contributed by atoms with Gasteiger partial charge in [-0.1, -0.05) is 6.92 Å². The Bertz CT molecular complexity index is 417. The van der Waals surface area contributed by atoms with Gasteiger partial charge in [0.1, 0.15) is 0 Å². The number of aliphatic carboxylic acids is 1. The fraction of sp³-hybridized carbons (Fsp3) is 0.500. The predicted octanol–water partition coefficient (Wildman–Crippen LogP) is 2.11. The highest BCUT2D eigenvalue weighted by Gasteiger charge is 2.13. The smallest absolute Gasteiger partial charge is 0.315 e. The predicted molar refractivity (Wildman–Crippen MR) is 70.8 cm³/mol. The molecule has 6 heteroatoms. The molecule has 0 saturated carbocycles. The first-order chi connectivity index (χ1) is 8.51. The second kappa shape index (κ2) is 7.00. The van der Waals surface area contributed by atoms with Gasteiger partial charge in [0.15, 0.2) is 0 Å². The molecule has 3 N–H and O–H groups in total. The summed E-state index contributed by atoms with van der Waals surface area (Å²) in [5.41, 5.74) is 0. The summed E-state index contributed by atoms with van der Waals surface area (Å²) in [5, 5.41) is 14.0. The number of thiophene rings is 1. The van der Waals surface area contributed by atoms with Crippen LogP contribution in [0.25, 0.3) is 0 Å². The fourth-order valence-electron chi connectivity index (χ4n) is 1.49. The number of urea groups is 1. The Kier molecular flexibility index (Phi) is 5.64. The summed E-state index contributed by atoms with van der Waals surface area (Å²) in [4.78, 5) is 24.4. The van der Waals surface area contributed by atoms with Gasteiger partial charge in [0.2, 0.25) is 0 Å². The summed E-state index contributed by atoms with van der Waals surface area (Å²) in [6, 6.07) is 3.31. The minimum absolute atomic E-state index is 0.0535. The number of carboxylic acids is 1. The molecule has 0 aliphatic carbocycles. The largest absolute Gasteiger partial charge is 0.481 e. The van der Waals surface area contributed by atoms with Crippen molar-refractivity contribution in [2.75, 3.05) is 0 Å². The third-order valence-corrected chi connectivity index (χ3v) is 3.47. The van der Waals surface area contributed by atoms with E-state index in [2.05, 4.69) is 10.6 Å². The number of nitrogens with one attached hydrogen (secondary N) is 2. The lowest BCUT2D eigenvalue weighted by Gasteiger charge is -2.15. The zero-order valence-electron chi connectivity index (χ0n) is 10.5. The molecule has 0 saturated heterocycles. The number of carbonyl (C=O) groups excluding carboxylic acids is 1. The van der Waals surface area contributed by atoms with Gasteiger partial charge in [-0.15, -0.1) is 11.3 Å². The van der Waals surface area contributed by atoms with E-state index in [9.17, 15) is 9.59 Å². The van der Waals surface area contributed by atoms with E-state index >= 15 is 0 Å². The monoisotopic (exact) mass is 270 g/mol. The van der Waals surface area contributed by atoms with Gasteiger partial charge in [-0.05, 0) is 25.5 Å². The molecule has 1 unspecified atom stereocenters. The molecule has 1 aromatic rings. The highest BCUT2D eigenvalue weighted by atomic mass is 32.1. The molecule has 0 aliphatic heterocycles. The molecular formula is C12H18N2O3S. The maximum Gasteiger partial charge on any atom is 0.315 e. The zero-order chi connectivity index (χ0) is 13.5. The van der Waals surface area contributed by atoms with Crippen molar-refractivity contribution in [2.45, 2.75) is 39.3 Å². The van der Waals surface area contributed by atoms with E-state index in [-0.39, 0.29) is 18.5 Å². The summed E-state index contributed by atoms with van der Waals surface area (Å²) >= 11 is 1.63. The molecule has 1 aromatic heterocycles. The quantitative estimate of drug-likeness (QED) is 0.740. The molecule has 1 rings (SSSR count). The van der Waals surface area contributed by atoms with Crippen molar-refractivity contribution in [2.24, 2.45) is 0 Å². The number of carbonyl (C=O) groups is 2. The van der Waals surface area contributed by atoms with Gasteiger partial charge >= 0.3 is 12.0 Å². The van der Waals surface area contributed by atoms with Crippen molar-refractivity contribution in [3.63, 3.8) is 0 Å².